The third-order valence-corrected chi connectivity index (χ3v) is 5.12. The SMILES string of the molecule is Cc1ccccc1OCCCn1c(CNC(=O)c2ccc(F)cc2)nc2ccccc21. The first kappa shape index (κ1) is 20.6. The largest absolute Gasteiger partial charge is 0.493 e. The number of benzene rings is 3. The van der Waals surface area contributed by atoms with E-state index < -0.39 is 0 Å². The summed E-state index contributed by atoms with van der Waals surface area (Å²) in [4.78, 5) is 17.1. The van der Waals surface area contributed by atoms with Crippen LogP contribution in [0.2, 0.25) is 0 Å². The number of ether oxygens (including phenoxy) is 1. The summed E-state index contributed by atoms with van der Waals surface area (Å²) in [6, 6.07) is 21.4. The molecule has 0 unspecified atom stereocenters. The Labute approximate surface area is 180 Å². The van der Waals surface area contributed by atoms with Gasteiger partial charge in [-0.05, 0) is 61.4 Å². The van der Waals surface area contributed by atoms with Crippen molar-refractivity contribution in [3.63, 3.8) is 0 Å². The zero-order valence-electron chi connectivity index (χ0n) is 17.3. The molecule has 0 atom stereocenters. The minimum atomic E-state index is -0.369. The quantitative estimate of drug-likeness (QED) is 0.416. The molecule has 4 aromatic rings. The molecule has 0 radical (unpaired) electrons. The number of nitrogens with zero attached hydrogens (tertiary/aromatic N) is 2. The van der Waals surface area contributed by atoms with E-state index in [9.17, 15) is 9.18 Å². The fraction of sp³-hybridized carbons (Fsp3) is 0.200. The molecule has 0 spiro atoms. The molecule has 1 N–H and O–H groups in total. The Hall–Kier alpha value is -3.67. The molecule has 0 aliphatic heterocycles. The Balaban J connectivity index is 1.43. The van der Waals surface area contributed by atoms with Gasteiger partial charge in [-0.1, -0.05) is 30.3 Å². The highest BCUT2D eigenvalue weighted by Gasteiger charge is 2.12. The summed E-state index contributed by atoms with van der Waals surface area (Å²) in [5.41, 5.74) is 3.42. The third-order valence-electron chi connectivity index (χ3n) is 5.12. The number of carbonyl (C=O) groups is 1. The van der Waals surface area contributed by atoms with E-state index in [1.165, 1.54) is 24.3 Å². The van der Waals surface area contributed by atoms with E-state index >= 15 is 0 Å². The average Bonchev–Trinajstić information content (AvgIpc) is 3.14. The maximum absolute atomic E-state index is 13.1. The summed E-state index contributed by atoms with van der Waals surface area (Å²) in [7, 11) is 0. The smallest absolute Gasteiger partial charge is 0.251 e. The summed E-state index contributed by atoms with van der Waals surface area (Å²) < 4.78 is 21.1. The summed E-state index contributed by atoms with van der Waals surface area (Å²) in [6.45, 7) is 3.61. The van der Waals surface area contributed by atoms with Crippen molar-refractivity contribution in [1.29, 1.82) is 0 Å². The first-order chi connectivity index (χ1) is 15.1. The van der Waals surface area contributed by atoms with Crippen molar-refractivity contribution >= 4 is 16.9 Å². The molecular weight excluding hydrogens is 393 g/mol. The van der Waals surface area contributed by atoms with E-state index in [0.717, 1.165) is 34.6 Å². The van der Waals surface area contributed by atoms with Crippen LogP contribution in [0.1, 0.15) is 28.2 Å². The van der Waals surface area contributed by atoms with Crippen LogP contribution < -0.4 is 10.1 Å². The van der Waals surface area contributed by atoms with Gasteiger partial charge in [-0.15, -0.1) is 0 Å². The van der Waals surface area contributed by atoms with Crippen LogP contribution in [0.25, 0.3) is 11.0 Å². The van der Waals surface area contributed by atoms with Gasteiger partial charge in [-0.25, -0.2) is 9.37 Å². The molecule has 3 aromatic carbocycles. The fourth-order valence-electron chi connectivity index (χ4n) is 3.50. The van der Waals surface area contributed by atoms with E-state index in [2.05, 4.69) is 9.88 Å². The lowest BCUT2D eigenvalue weighted by Crippen LogP contribution is -2.25. The van der Waals surface area contributed by atoms with Crippen LogP contribution in [0, 0.1) is 12.7 Å². The third kappa shape index (κ3) is 4.91. The van der Waals surface area contributed by atoms with Crippen LogP contribution in [0.15, 0.2) is 72.8 Å². The van der Waals surface area contributed by atoms with Crippen LogP contribution in [0.4, 0.5) is 4.39 Å². The van der Waals surface area contributed by atoms with E-state index in [4.69, 9.17) is 9.72 Å². The first-order valence-corrected chi connectivity index (χ1v) is 10.3. The highest BCUT2D eigenvalue weighted by Crippen LogP contribution is 2.19. The second kappa shape index (κ2) is 9.43. The molecule has 158 valence electrons. The fourth-order valence-corrected chi connectivity index (χ4v) is 3.50. The standard InChI is InChI=1S/C25H24FN3O2/c1-18-7-2-5-10-23(18)31-16-6-15-29-22-9-4-3-8-21(22)28-24(29)17-27-25(30)19-11-13-20(26)14-12-19/h2-5,7-14H,6,15-17H2,1H3,(H,27,30). The molecule has 0 aliphatic carbocycles. The lowest BCUT2D eigenvalue weighted by atomic mass is 10.2. The first-order valence-electron chi connectivity index (χ1n) is 10.3. The van der Waals surface area contributed by atoms with Gasteiger partial charge >= 0.3 is 0 Å². The zero-order chi connectivity index (χ0) is 21.6. The number of hydrogen-bond donors (Lipinski definition) is 1. The molecule has 0 saturated carbocycles. The molecule has 0 bridgehead atoms. The number of fused-ring (bicyclic) bond motifs is 1. The highest BCUT2D eigenvalue weighted by atomic mass is 19.1. The van der Waals surface area contributed by atoms with Gasteiger partial charge in [-0.3, -0.25) is 4.79 Å². The van der Waals surface area contributed by atoms with Crippen LogP contribution in [0.5, 0.6) is 5.75 Å². The molecule has 0 saturated heterocycles. The summed E-state index contributed by atoms with van der Waals surface area (Å²) in [6.07, 6.45) is 0.799. The Morgan fingerprint density at radius 1 is 1.03 bits per heavy atom. The number of rotatable bonds is 8. The molecular formula is C25H24FN3O2. The summed E-state index contributed by atoms with van der Waals surface area (Å²) in [5.74, 6) is 1.03. The van der Waals surface area contributed by atoms with E-state index in [0.29, 0.717) is 18.7 Å². The van der Waals surface area contributed by atoms with Gasteiger partial charge in [0.1, 0.15) is 17.4 Å². The van der Waals surface area contributed by atoms with Crippen LogP contribution in [-0.4, -0.2) is 22.1 Å². The monoisotopic (exact) mass is 417 g/mol. The Morgan fingerprint density at radius 2 is 1.77 bits per heavy atom. The molecule has 1 heterocycles. The number of aryl methyl sites for hydroxylation is 2. The minimum Gasteiger partial charge on any atom is -0.493 e. The summed E-state index contributed by atoms with van der Waals surface area (Å²) in [5, 5.41) is 2.88. The second-order valence-corrected chi connectivity index (χ2v) is 7.33. The summed E-state index contributed by atoms with van der Waals surface area (Å²) >= 11 is 0. The number of nitrogens with one attached hydrogen (secondary N) is 1. The van der Waals surface area contributed by atoms with Crippen LogP contribution in [0.3, 0.4) is 0 Å². The van der Waals surface area contributed by atoms with Gasteiger partial charge in [0, 0.05) is 12.1 Å². The van der Waals surface area contributed by atoms with E-state index in [-0.39, 0.29) is 18.3 Å². The normalized spacial score (nSPS) is 10.9. The van der Waals surface area contributed by atoms with Gasteiger partial charge in [0.2, 0.25) is 0 Å². The molecule has 4 rings (SSSR count). The maximum Gasteiger partial charge on any atom is 0.251 e. The van der Waals surface area contributed by atoms with Gasteiger partial charge < -0.3 is 14.6 Å². The van der Waals surface area contributed by atoms with E-state index in [1.54, 1.807) is 0 Å². The number of amides is 1. The topological polar surface area (TPSA) is 56.1 Å². The molecule has 1 amide bonds. The van der Waals surface area contributed by atoms with E-state index in [1.807, 2.05) is 55.5 Å². The molecule has 1 aromatic heterocycles. The zero-order valence-corrected chi connectivity index (χ0v) is 17.3. The molecule has 0 aliphatic rings. The number of hydrogen-bond acceptors (Lipinski definition) is 3. The van der Waals surface area contributed by atoms with Crippen LogP contribution in [-0.2, 0) is 13.1 Å². The molecule has 0 fully saturated rings. The van der Waals surface area contributed by atoms with Crippen molar-refractivity contribution < 1.29 is 13.9 Å². The van der Waals surface area contributed by atoms with Crippen molar-refractivity contribution in [1.82, 2.24) is 14.9 Å². The molecule has 6 heteroatoms. The average molecular weight is 417 g/mol. The van der Waals surface area contributed by atoms with Crippen molar-refractivity contribution in [2.24, 2.45) is 0 Å². The van der Waals surface area contributed by atoms with Crippen molar-refractivity contribution in [2.45, 2.75) is 26.4 Å². The number of imidazole rings is 1. The highest BCUT2D eigenvalue weighted by molar-refractivity contribution is 5.94. The number of aromatic nitrogens is 2. The lowest BCUT2D eigenvalue weighted by Gasteiger charge is -2.12. The number of para-hydroxylation sites is 3. The van der Waals surface area contributed by atoms with Gasteiger partial charge in [0.05, 0.1) is 24.2 Å². The van der Waals surface area contributed by atoms with Crippen molar-refractivity contribution in [3.8, 4) is 5.75 Å². The minimum absolute atomic E-state index is 0.263. The lowest BCUT2D eigenvalue weighted by molar-refractivity contribution is 0.0949. The predicted molar refractivity (Wildman–Crippen MR) is 119 cm³/mol. The van der Waals surface area contributed by atoms with Gasteiger partial charge in [0.15, 0.2) is 0 Å². The predicted octanol–water partition coefficient (Wildman–Crippen LogP) is 4.88. The Morgan fingerprint density at radius 3 is 2.58 bits per heavy atom. The number of halogens is 1. The Kier molecular flexibility index (Phi) is 6.26. The van der Waals surface area contributed by atoms with Crippen LogP contribution >= 0.6 is 0 Å². The van der Waals surface area contributed by atoms with Gasteiger partial charge in [0.25, 0.3) is 5.91 Å². The maximum atomic E-state index is 13.1. The molecule has 31 heavy (non-hydrogen) atoms. The Bertz CT molecular complexity index is 1190. The van der Waals surface area contributed by atoms with Crippen molar-refractivity contribution in [2.75, 3.05) is 6.61 Å². The number of carbonyl (C=O) groups excluding carboxylic acids is 1. The second-order valence-electron chi connectivity index (χ2n) is 7.33. The molecule has 5 nitrogen and oxygen atoms in total. The van der Waals surface area contributed by atoms with Gasteiger partial charge in [-0.2, -0.15) is 0 Å². The van der Waals surface area contributed by atoms with Crippen molar-refractivity contribution in [3.05, 3.63) is 95.6 Å².